The highest BCUT2D eigenvalue weighted by atomic mass is 16.1. The molecule has 2 unspecified atom stereocenters. The molecule has 0 aromatic heterocycles. The zero-order chi connectivity index (χ0) is 22.3. The third-order valence-corrected chi connectivity index (χ3v) is 7.12. The van der Waals surface area contributed by atoms with E-state index in [1.165, 1.54) is 128 Å². The van der Waals surface area contributed by atoms with Gasteiger partial charge in [0.1, 0.15) is 5.78 Å². The first-order valence-electron chi connectivity index (χ1n) is 14.2. The number of hydrogen-bond acceptors (Lipinski definition) is 1. The topological polar surface area (TPSA) is 17.1 Å². The van der Waals surface area contributed by atoms with E-state index in [4.69, 9.17) is 0 Å². The van der Waals surface area contributed by atoms with E-state index >= 15 is 0 Å². The Bertz CT molecular complexity index is 316. The lowest BCUT2D eigenvalue weighted by Crippen LogP contribution is -2.13. The van der Waals surface area contributed by atoms with Crippen LogP contribution in [0.1, 0.15) is 169 Å². The lowest BCUT2D eigenvalue weighted by molar-refractivity contribution is -0.121. The number of unbranched alkanes of at least 4 members (excludes halogenated alkanes) is 14. The molecule has 30 heavy (non-hydrogen) atoms. The van der Waals surface area contributed by atoms with E-state index in [-0.39, 0.29) is 0 Å². The van der Waals surface area contributed by atoms with Crippen LogP contribution in [0.25, 0.3) is 0 Å². The summed E-state index contributed by atoms with van der Waals surface area (Å²) < 4.78 is 0. The molecule has 0 amide bonds. The van der Waals surface area contributed by atoms with Crippen molar-refractivity contribution in [2.24, 2.45) is 11.8 Å². The minimum absolute atomic E-state index is 0.549. The fraction of sp³-hybridized carbons (Fsp3) is 0.966. The van der Waals surface area contributed by atoms with E-state index in [0.29, 0.717) is 17.6 Å². The van der Waals surface area contributed by atoms with Crippen LogP contribution < -0.4 is 0 Å². The lowest BCUT2D eigenvalue weighted by atomic mass is 9.87. The van der Waals surface area contributed by atoms with Crippen LogP contribution in [-0.4, -0.2) is 5.78 Å². The Balaban J connectivity index is 3.79. The average Bonchev–Trinajstić information content (AvgIpc) is 2.75. The number of carbonyl (C=O) groups is 1. The second kappa shape index (κ2) is 23.3. The van der Waals surface area contributed by atoms with E-state index in [1.807, 2.05) is 0 Å². The van der Waals surface area contributed by atoms with Crippen LogP contribution in [0.3, 0.4) is 0 Å². The van der Waals surface area contributed by atoms with Crippen molar-refractivity contribution in [3.8, 4) is 0 Å². The van der Waals surface area contributed by atoms with Crippen molar-refractivity contribution < 1.29 is 4.79 Å². The van der Waals surface area contributed by atoms with Crippen LogP contribution in [0, 0.1) is 11.8 Å². The molecule has 0 aromatic carbocycles. The van der Waals surface area contributed by atoms with Crippen LogP contribution in [0.2, 0.25) is 0 Å². The zero-order valence-electron chi connectivity index (χ0n) is 21.6. The molecule has 0 bridgehead atoms. The molecule has 0 spiro atoms. The Labute approximate surface area is 191 Å². The van der Waals surface area contributed by atoms with E-state index in [2.05, 4.69) is 27.7 Å². The highest BCUT2D eigenvalue weighted by molar-refractivity contribution is 5.78. The van der Waals surface area contributed by atoms with Gasteiger partial charge in [-0.25, -0.2) is 0 Å². The van der Waals surface area contributed by atoms with E-state index in [0.717, 1.165) is 12.8 Å². The third kappa shape index (κ3) is 19.6. The molecule has 1 nitrogen and oxygen atoms in total. The molecule has 1 heteroatoms. The number of ketones is 1. The second-order valence-corrected chi connectivity index (χ2v) is 10.0. The predicted octanol–water partition coefficient (Wildman–Crippen LogP) is 10.4. The van der Waals surface area contributed by atoms with Crippen LogP contribution in [-0.2, 0) is 4.79 Å². The third-order valence-electron chi connectivity index (χ3n) is 7.12. The number of hydrogen-bond donors (Lipinski definition) is 0. The maximum atomic E-state index is 12.7. The first-order chi connectivity index (χ1) is 14.7. The van der Waals surface area contributed by atoms with Crippen molar-refractivity contribution in [1.82, 2.24) is 0 Å². The summed E-state index contributed by atoms with van der Waals surface area (Å²) in [6, 6.07) is 0. The molecule has 0 radical (unpaired) electrons. The Kier molecular flexibility index (Phi) is 23.1. The molecule has 180 valence electrons. The van der Waals surface area contributed by atoms with Gasteiger partial charge < -0.3 is 0 Å². The fourth-order valence-electron chi connectivity index (χ4n) is 4.76. The van der Waals surface area contributed by atoms with Gasteiger partial charge in [0.2, 0.25) is 0 Å². The lowest BCUT2D eigenvalue weighted by Gasteiger charge is -2.17. The van der Waals surface area contributed by atoms with Crippen LogP contribution in [0.15, 0.2) is 0 Å². The van der Waals surface area contributed by atoms with Gasteiger partial charge in [0.25, 0.3) is 0 Å². The minimum Gasteiger partial charge on any atom is -0.300 e. The fourth-order valence-corrected chi connectivity index (χ4v) is 4.76. The Morgan fingerprint density at radius 2 is 0.767 bits per heavy atom. The predicted molar refractivity (Wildman–Crippen MR) is 136 cm³/mol. The summed E-state index contributed by atoms with van der Waals surface area (Å²) in [4.78, 5) is 12.7. The van der Waals surface area contributed by atoms with E-state index in [1.54, 1.807) is 0 Å². The first kappa shape index (κ1) is 29.7. The standard InChI is InChI=1S/C29H58O/c1-5-9-11-13-15-17-19-21-23-27(7-3)25-29(30)26-28(8-4)24-22-20-18-16-14-12-10-6-2/h27-28H,5-26H2,1-4H3. The molecule has 0 aliphatic heterocycles. The summed E-state index contributed by atoms with van der Waals surface area (Å²) in [6.45, 7) is 9.12. The number of Topliss-reactive ketones (excluding diaryl/α,β-unsaturated/α-hetero) is 1. The van der Waals surface area contributed by atoms with Crippen molar-refractivity contribution >= 4 is 5.78 Å². The van der Waals surface area contributed by atoms with Crippen molar-refractivity contribution in [3.63, 3.8) is 0 Å². The molecule has 0 saturated carbocycles. The van der Waals surface area contributed by atoms with Gasteiger partial charge in [-0.1, -0.05) is 156 Å². The second-order valence-electron chi connectivity index (χ2n) is 10.0. The molecule has 0 aliphatic rings. The van der Waals surface area contributed by atoms with Crippen molar-refractivity contribution in [2.45, 2.75) is 169 Å². The molecule has 2 atom stereocenters. The minimum atomic E-state index is 0.549. The first-order valence-corrected chi connectivity index (χ1v) is 14.2. The summed E-state index contributed by atoms with van der Waals surface area (Å²) in [5, 5.41) is 0. The van der Waals surface area contributed by atoms with Crippen LogP contribution in [0.4, 0.5) is 0 Å². The maximum absolute atomic E-state index is 12.7. The van der Waals surface area contributed by atoms with E-state index < -0.39 is 0 Å². The van der Waals surface area contributed by atoms with Gasteiger partial charge in [-0.15, -0.1) is 0 Å². The highest BCUT2D eigenvalue weighted by Crippen LogP contribution is 2.24. The molecule has 0 aliphatic carbocycles. The Morgan fingerprint density at radius 3 is 1.07 bits per heavy atom. The average molecular weight is 423 g/mol. The molecular weight excluding hydrogens is 364 g/mol. The Morgan fingerprint density at radius 1 is 0.467 bits per heavy atom. The summed E-state index contributed by atoms with van der Waals surface area (Å²) >= 11 is 0. The number of carbonyl (C=O) groups excluding carboxylic acids is 1. The van der Waals surface area contributed by atoms with Crippen molar-refractivity contribution in [3.05, 3.63) is 0 Å². The van der Waals surface area contributed by atoms with Gasteiger partial charge in [0.05, 0.1) is 0 Å². The smallest absolute Gasteiger partial charge is 0.133 e. The monoisotopic (exact) mass is 422 g/mol. The maximum Gasteiger partial charge on any atom is 0.133 e. The summed E-state index contributed by atoms with van der Waals surface area (Å²) in [5.41, 5.74) is 0. The molecule has 0 aromatic rings. The van der Waals surface area contributed by atoms with Gasteiger partial charge in [-0.2, -0.15) is 0 Å². The van der Waals surface area contributed by atoms with Crippen molar-refractivity contribution in [2.75, 3.05) is 0 Å². The van der Waals surface area contributed by atoms with Gasteiger partial charge in [0, 0.05) is 12.8 Å². The quantitative estimate of drug-likeness (QED) is 0.141. The van der Waals surface area contributed by atoms with Gasteiger partial charge in [-0.3, -0.25) is 4.79 Å². The molecule has 0 heterocycles. The molecule has 0 fully saturated rings. The van der Waals surface area contributed by atoms with Crippen LogP contribution >= 0.6 is 0 Å². The summed E-state index contributed by atoms with van der Waals surface area (Å²) in [6.07, 6.45) is 28.7. The zero-order valence-corrected chi connectivity index (χ0v) is 21.6. The molecular formula is C29H58O. The largest absolute Gasteiger partial charge is 0.300 e. The van der Waals surface area contributed by atoms with E-state index in [9.17, 15) is 4.79 Å². The van der Waals surface area contributed by atoms with Crippen molar-refractivity contribution in [1.29, 1.82) is 0 Å². The van der Waals surface area contributed by atoms with Crippen LogP contribution in [0.5, 0.6) is 0 Å². The molecule has 0 rings (SSSR count). The summed E-state index contributed by atoms with van der Waals surface area (Å²) in [5.74, 6) is 1.82. The normalized spacial score (nSPS) is 13.5. The van der Waals surface area contributed by atoms with Gasteiger partial charge >= 0.3 is 0 Å². The van der Waals surface area contributed by atoms with Gasteiger partial charge in [0.15, 0.2) is 0 Å². The number of rotatable bonds is 24. The van der Waals surface area contributed by atoms with Gasteiger partial charge in [-0.05, 0) is 11.8 Å². The molecule has 0 N–H and O–H groups in total. The molecule has 0 saturated heterocycles. The SMILES string of the molecule is CCCCCCCCCCC(CC)CC(=O)CC(CC)CCCCCCCCCC. The summed E-state index contributed by atoms with van der Waals surface area (Å²) in [7, 11) is 0. The Hall–Kier alpha value is -0.330. The highest BCUT2D eigenvalue weighted by Gasteiger charge is 2.16.